The van der Waals surface area contributed by atoms with E-state index in [1.807, 2.05) is 0 Å². The van der Waals surface area contributed by atoms with Crippen LogP contribution in [-0.2, 0) is 4.79 Å². The Morgan fingerprint density at radius 3 is 2.57 bits per heavy atom. The summed E-state index contributed by atoms with van der Waals surface area (Å²) in [7, 11) is 0. The number of hydrogen-bond acceptors (Lipinski definition) is 1. The number of carbonyl (C=O) groups is 1. The summed E-state index contributed by atoms with van der Waals surface area (Å²) < 4.78 is 13.0. The molecule has 0 bridgehead atoms. The average molecular weight is 196 g/mol. The molecule has 0 aliphatic carbocycles. The van der Waals surface area contributed by atoms with E-state index < -0.39 is 11.9 Å². The van der Waals surface area contributed by atoms with Crippen molar-refractivity contribution in [3.63, 3.8) is 0 Å². The van der Waals surface area contributed by atoms with Crippen LogP contribution >= 0.6 is 0 Å². The molecule has 0 radical (unpaired) electrons. The van der Waals surface area contributed by atoms with Crippen LogP contribution in [0.15, 0.2) is 18.2 Å². The van der Waals surface area contributed by atoms with Gasteiger partial charge in [0.1, 0.15) is 5.82 Å². The minimum atomic E-state index is -0.905. The molecular weight excluding hydrogens is 183 g/mol. The Morgan fingerprint density at radius 1 is 1.50 bits per heavy atom. The van der Waals surface area contributed by atoms with E-state index in [2.05, 4.69) is 0 Å². The van der Waals surface area contributed by atoms with Gasteiger partial charge in [0.25, 0.3) is 0 Å². The van der Waals surface area contributed by atoms with Gasteiger partial charge in [0.15, 0.2) is 0 Å². The Morgan fingerprint density at radius 2 is 2.14 bits per heavy atom. The second kappa shape index (κ2) is 4.22. The largest absolute Gasteiger partial charge is 0.481 e. The van der Waals surface area contributed by atoms with E-state index in [0.29, 0.717) is 12.0 Å². The predicted molar refractivity (Wildman–Crippen MR) is 51.8 cm³/mol. The van der Waals surface area contributed by atoms with Gasteiger partial charge in [-0.3, -0.25) is 4.79 Å². The van der Waals surface area contributed by atoms with Crippen molar-refractivity contribution in [1.29, 1.82) is 0 Å². The Hall–Kier alpha value is -1.38. The summed E-state index contributed by atoms with van der Waals surface area (Å²) in [6, 6.07) is 4.39. The van der Waals surface area contributed by atoms with Crippen LogP contribution in [0.1, 0.15) is 30.4 Å². The van der Waals surface area contributed by atoms with Gasteiger partial charge in [-0.1, -0.05) is 13.0 Å². The zero-order valence-electron chi connectivity index (χ0n) is 8.25. The van der Waals surface area contributed by atoms with Crippen molar-refractivity contribution in [1.82, 2.24) is 0 Å². The fourth-order valence-corrected chi connectivity index (χ4v) is 1.52. The van der Waals surface area contributed by atoms with Crippen LogP contribution in [0.25, 0.3) is 0 Å². The Bertz CT molecular complexity index is 327. The zero-order chi connectivity index (χ0) is 10.7. The van der Waals surface area contributed by atoms with Crippen LogP contribution < -0.4 is 0 Å². The number of rotatable bonds is 3. The zero-order valence-corrected chi connectivity index (χ0v) is 8.25. The highest BCUT2D eigenvalue weighted by molar-refractivity contribution is 5.76. The van der Waals surface area contributed by atoms with Gasteiger partial charge < -0.3 is 5.11 Å². The first-order chi connectivity index (χ1) is 6.54. The number of hydrogen-bond donors (Lipinski definition) is 1. The first kappa shape index (κ1) is 10.7. The normalized spacial score (nSPS) is 12.5. The van der Waals surface area contributed by atoms with Gasteiger partial charge in [-0.05, 0) is 36.6 Å². The van der Waals surface area contributed by atoms with Crippen LogP contribution in [0.3, 0.4) is 0 Å². The smallest absolute Gasteiger partial charge is 0.310 e. The highest BCUT2D eigenvalue weighted by atomic mass is 19.1. The molecule has 1 rings (SSSR count). The number of aryl methyl sites for hydroxylation is 1. The van der Waals surface area contributed by atoms with E-state index in [1.165, 1.54) is 12.1 Å². The number of halogens is 1. The van der Waals surface area contributed by atoms with Gasteiger partial charge in [-0.25, -0.2) is 4.39 Å². The van der Waals surface area contributed by atoms with Crippen LogP contribution in [0.4, 0.5) is 4.39 Å². The molecule has 14 heavy (non-hydrogen) atoms. The second-order valence-corrected chi connectivity index (χ2v) is 3.36. The maximum Gasteiger partial charge on any atom is 0.310 e. The molecule has 1 atom stereocenters. The number of benzene rings is 1. The molecule has 0 aliphatic heterocycles. The summed E-state index contributed by atoms with van der Waals surface area (Å²) >= 11 is 0. The Labute approximate surface area is 82.4 Å². The highest BCUT2D eigenvalue weighted by Gasteiger charge is 2.18. The van der Waals surface area contributed by atoms with Crippen molar-refractivity contribution >= 4 is 5.97 Å². The molecule has 1 N–H and O–H groups in total. The molecule has 0 fully saturated rings. The molecule has 0 amide bonds. The number of aliphatic carboxylic acids is 1. The lowest BCUT2D eigenvalue weighted by atomic mass is 9.95. The maximum atomic E-state index is 13.0. The van der Waals surface area contributed by atoms with Crippen molar-refractivity contribution in [2.75, 3.05) is 0 Å². The van der Waals surface area contributed by atoms with Gasteiger partial charge in [0.2, 0.25) is 0 Å². The standard InChI is InChI=1S/C11H13FO2/c1-3-10(11(13)14)8-4-7(2)5-9(12)6-8/h4-6,10H,3H2,1-2H3,(H,13,14). The van der Waals surface area contributed by atoms with Crippen molar-refractivity contribution in [2.45, 2.75) is 26.2 Å². The summed E-state index contributed by atoms with van der Waals surface area (Å²) in [5, 5.41) is 8.89. The first-order valence-electron chi connectivity index (χ1n) is 4.54. The molecule has 0 aromatic heterocycles. The summed E-state index contributed by atoms with van der Waals surface area (Å²) in [4.78, 5) is 10.8. The lowest BCUT2D eigenvalue weighted by Crippen LogP contribution is -2.10. The Balaban J connectivity index is 3.10. The molecule has 0 aliphatic rings. The molecule has 2 nitrogen and oxygen atoms in total. The van der Waals surface area contributed by atoms with Crippen LogP contribution in [0.2, 0.25) is 0 Å². The van der Waals surface area contributed by atoms with Gasteiger partial charge in [-0.2, -0.15) is 0 Å². The molecule has 3 heteroatoms. The molecule has 1 aromatic carbocycles. The van der Waals surface area contributed by atoms with Gasteiger partial charge >= 0.3 is 5.97 Å². The minimum Gasteiger partial charge on any atom is -0.481 e. The molecule has 76 valence electrons. The predicted octanol–water partition coefficient (Wildman–Crippen LogP) is 2.71. The number of carboxylic acids is 1. The monoisotopic (exact) mass is 196 g/mol. The molecule has 0 saturated carbocycles. The number of carboxylic acid groups (broad SMARTS) is 1. The lowest BCUT2D eigenvalue weighted by Gasteiger charge is -2.10. The molecule has 0 spiro atoms. The van der Waals surface area contributed by atoms with Gasteiger partial charge in [0, 0.05) is 0 Å². The van der Waals surface area contributed by atoms with Gasteiger partial charge in [0.05, 0.1) is 5.92 Å². The molecule has 0 saturated heterocycles. The van der Waals surface area contributed by atoms with Gasteiger partial charge in [-0.15, -0.1) is 0 Å². The quantitative estimate of drug-likeness (QED) is 0.807. The van der Waals surface area contributed by atoms with E-state index in [-0.39, 0.29) is 5.82 Å². The maximum absolute atomic E-state index is 13.0. The third-order valence-corrected chi connectivity index (χ3v) is 2.17. The van der Waals surface area contributed by atoms with Crippen molar-refractivity contribution in [2.24, 2.45) is 0 Å². The van der Waals surface area contributed by atoms with Crippen molar-refractivity contribution < 1.29 is 14.3 Å². The highest BCUT2D eigenvalue weighted by Crippen LogP contribution is 2.21. The van der Waals surface area contributed by atoms with E-state index in [1.54, 1.807) is 19.9 Å². The summed E-state index contributed by atoms with van der Waals surface area (Å²) in [6.45, 7) is 3.53. The third-order valence-electron chi connectivity index (χ3n) is 2.17. The Kier molecular flexibility index (Phi) is 3.23. The van der Waals surface area contributed by atoms with Crippen LogP contribution in [0.5, 0.6) is 0 Å². The first-order valence-corrected chi connectivity index (χ1v) is 4.54. The second-order valence-electron chi connectivity index (χ2n) is 3.36. The summed E-state index contributed by atoms with van der Waals surface area (Å²) in [5.74, 6) is -1.89. The van der Waals surface area contributed by atoms with Crippen LogP contribution in [-0.4, -0.2) is 11.1 Å². The third kappa shape index (κ3) is 2.31. The average Bonchev–Trinajstić information content (AvgIpc) is 2.02. The van der Waals surface area contributed by atoms with E-state index in [9.17, 15) is 9.18 Å². The summed E-state index contributed by atoms with van der Waals surface area (Å²) in [6.07, 6.45) is 0.470. The topological polar surface area (TPSA) is 37.3 Å². The summed E-state index contributed by atoms with van der Waals surface area (Å²) in [5.41, 5.74) is 1.29. The molecule has 1 aromatic rings. The lowest BCUT2D eigenvalue weighted by molar-refractivity contribution is -0.138. The minimum absolute atomic E-state index is 0.375. The fraction of sp³-hybridized carbons (Fsp3) is 0.364. The van der Waals surface area contributed by atoms with E-state index in [4.69, 9.17) is 5.11 Å². The molecule has 0 heterocycles. The van der Waals surface area contributed by atoms with Crippen molar-refractivity contribution in [3.05, 3.63) is 35.1 Å². The van der Waals surface area contributed by atoms with E-state index in [0.717, 1.165) is 5.56 Å². The fourth-order valence-electron chi connectivity index (χ4n) is 1.52. The van der Waals surface area contributed by atoms with E-state index >= 15 is 0 Å². The molecular formula is C11H13FO2. The van der Waals surface area contributed by atoms with Crippen molar-refractivity contribution in [3.8, 4) is 0 Å². The van der Waals surface area contributed by atoms with Crippen LogP contribution in [0, 0.1) is 12.7 Å². The SMILES string of the molecule is CCC(C(=O)O)c1cc(C)cc(F)c1. The molecule has 1 unspecified atom stereocenters.